The van der Waals surface area contributed by atoms with Gasteiger partial charge in [-0.15, -0.1) is 5.06 Å². The Morgan fingerprint density at radius 2 is 1.57 bits per heavy atom. The lowest BCUT2D eigenvalue weighted by atomic mass is 9.80. The molecule has 0 saturated carbocycles. The van der Waals surface area contributed by atoms with E-state index < -0.39 is 17.9 Å². The second-order valence-electron chi connectivity index (χ2n) is 8.83. The van der Waals surface area contributed by atoms with Crippen LogP contribution in [0.15, 0.2) is 0 Å². The molecule has 0 aromatic heterocycles. The molecule has 0 aromatic carbocycles. The number of carbonyl (C=O) groups excluding carboxylic acids is 5. The smallest absolute Gasteiger partial charge is 0.311 e. The minimum atomic E-state index is -0.719. The van der Waals surface area contributed by atoms with Crippen molar-refractivity contribution in [3.8, 4) is 0 Å². The van der Waals surface area contributed by atoms with Gasteiger partial charge in [-0.2, -0.15) is 0 Å². The van der Waals surface area contributed by atoms with Gasteiger partial charge in [0.05, 0.1) is 5.92 Å². The molecule has 0 N–H and O–H groups in total. The van der Waals surface area contributed by atoms with Gasteiger partial charge in [0.2, 0.25) is 11.8 Å². The van der Waals surface area contributed by atoms with E-state index in [9.17, 15) is 24.0 Å². The standard InChI is InChI=1S/C19H27N3O6/c1-19(2,3)13-10-16(25)21(17(13)26)11-12-6-8-20(9-7-12)18(27)28-22-14(23)4-5-15(22)24/h12-13H,4-11H2,1-3H3. The van der Waals surface area contributed by atoms with Gasteiger partial charge < -0.3 is 9.74 Å². The van der Waals surface area contributed by atoms with E-state index in [0.29, 0.717) is 37.5 Å². The van der Waals surface area contributed by atoms with Crippen molar-refractivity contribution in [3.05, 3.63) is 0 Å². The molecule has 0 radical (unpaired) electrons. The van der Waals surface area contributed by atoms with Gasteiger partial charge in [0, 0.05) is 38.9 Å². The Morgan fingerprint density at radius 3 is 2.07 bits per heavy atom. The Balaban J connectivity index is 1.50. The fourth-order valence-corrected chi connectivity index (χ4v) is 3.90. The molecule has 0 aromatic rings. The highest BCUT2D eigenvalue weighted by atomic mass is 16.7. The van der Waals surface area contributed by atoms with Gasteiger partial charge in [-0.3, -0.25) is 24.1 Å². The topological polar surface area (TPSA) is 104 Å². The predicted octanol–water partition coefficient (Wildman–Crippen LogP) is 1.32. The van der Waals surface area contributed by atoms with Crippen molar-refractivity contribution in [1.29, 1.82) is 0 Å². The van der Waals surface area contributed by atoms with Crippen molar-refractivity contribution in [2.24, 2.45) is 17.3 Å². The number of carbonyl (C=O) groups is 5. The Hall–Kier alpha value is -2.45. The van der Waals surface area contributed by atoms with Crippen LogP contribution in [0, 0.1) is 17.3 Å². The molecule has 5 amide bonds. The minimum Gasteiger partial charge on any atom is -0.311 e. The number of rotatable bonds is 3. The summed E-state index contributed by atoms with van der Waals surface area (Å²) in [6.45, 7) is 7.04. The molecule has 1 atom stereocenters. The zero-order valence-corrected chi connectivity index (χ0v) is 16.6. The van der Waals surface area contributed by atoms with Gasteiger partial charge in [0.1, 0.15) is 0 Å². The van der Waals surface area contributed by atoms with Gasteiger partial charge in [-0.05, 0) is 24.2 Å². The summed E-state index contributed by atoms with van der Waals surface area (Å²) in [6.07, 6.45) is 0.889. The number of hydrogen-bond acceptors (Lipinski definition) is 6. The first-order valence-electron chi connectivity index (χ1n) is 9.75. The number of nitrogens with zero attached hydrogens (tertiary/aromatic N) is 3. The molecule has 28 heavy (non-hydrogen) atoms. The van der Waals surface area contributed by atoms with E-state index in [1.54, 1.807) is 0 Å². The Morgan fingerprint density at radius 1 is 1.00 bits per heavy atom. The molecule has 0 spiro atoms. The summed E-state index contributed by atoms with van der Waals surface area (Å²) in [7, 11) is 0. The molecular weight excluding hydrogens is 366 g/mol. The average molecular weight is 393 g/mol. The van der Waals surface area contributed by atoms with Crippen LogP contribution in [0.4, 0.5) is 4.79 Å². The molecule has 3 rings (SSSR count). The van der Waals surface area contributed by atoms with Crippen LogP contribution in [0.2, 0.25) is 0 Å². The number of imide groups is 2. The van der Waals surface area contributed by atoms with E-state index in [4.69, 9.17) is 4.84 Å². The van der Waals surface area contributed by atoms with E-state index >= 15 is 0 Å². The second kappa shape index (κ2) is 7.52. The summed E-state index contributed by atoms with van der Waals surface area (Å²) in [4.78, 5) is 67.9. The van der Waals surface area contributed by atoms with Crippen molar-refractivity contribution >= 4 is 29.7 Å². The molecule has 9 heteroatoms. The van der Waals surface area contributed by atoms with Crippen LogP contribution in [-0.4, -0.2) is 64.2 Å². The maximum atomic E-state index is 12.6. The number of piperidine rings is 1. The first-order chi connectivity index (χ1) is 13.1. The molecule has 154 valence electrons. The molecular formula is C19H27N3O6. The van der Waals surface area contributed by atoms with Crippen molar-refractivity contribution < 1.29 is 28.8 Å². The fraction of sp³-hybridized carbons (Fsp3) is 0.737. The summed E-state index contributed by atoms with van der Waals surface area (Å²) in [5.74, 6) is -1.42. The van der Waals surface area contributed by atoms with Crippen LogP contribution in [0.25, 0.3) is 0 Å². The number of hydroxylamine groups is 2. The van der Waals surface area contributed by atoms with Crippen LogP contribution in [0.1, 0.15) is 52.9 Å². The normalized spacial score (nSPS) is 24.5. The van der Waals surface area contributed by atoms with Crippen LogP contribution in [0.3, 0.4) is 0 Å². The third kappa shape index (κ3) is 4.02. The second-order valence-corrected chi connectivity index (χ2v) is 8.83. The van der Waals surface area contributed by atoms with Gasteiger partial charge in [0.15, 0.2) is 0 Å². The summed E-state index contributed by atoms with van der Waals surface area (Å²) in [6, 6.07) is 0. The highest BCUT2D eigenvalue weighted by Gasteiger charge is 2.45. The fourth-order valence-electron chi connectivity index (χ4n) is 3.90. The minimum absolute atomic E-state index is 0.0572. The molecule has 1 unspecified atom stereocenters. The Labute approximate surface area is 163 Å². The van der Waals surface area contributed by atoms with E-state index in [-0.39, 0.29) is 48.3 Å². The lowest BCUT2D eigenvalue weighted by molar-refractivity contribution is -0.174. The highest BCUT2D eigenvalue weighted by molar-refractivity contribution is 6.04. The maximum Gasteiger partial charge on any atom is 0.434 e. The molecule has 0 bridgehead atoms. The Bertz CT molecular complexity index is 689. The molecule has 3 aliphatic heterocycles. The number of hydrogen-bond donors (Lipinski definition) is 0. The van der Waals surface area contributed by atoms with Crippen LogP contribution < -0.4 is 0 Å². The molecule has 0 aliphatic carbocycles. The molecule has 3 heterocycles. The van der Waals surface area contributed by atoms with Crippen molar-refractivity contribution in [2.45, 2.75) is 52.9 Å². The summed E-state index contributed by atoms with van der Waals surface area (Å²) in [5, 5.41) is 0.544. The summed E-state index contributed by atoms with van der Waals surface area (Å²) < 4.78 is 0. The van der Waals surface area contributed by atoms with E-state index in [1.165, 1.54) is 9.80 Å². The molecule has 9 nitrogen and oxygen atoms in total. The third-order valence-electron chi connectivity index (χ3n) is 5.78. The largest absolute Gasteiger partial charge is 0.434 e. The van der Waals surface area contributed by atoms with Gasteiger partial charge in [-0.25, -0.2) is 4.79 Å². The van der Waals surface area contributed by atoms with Crippen molar-refractivity contribution in [3.63, 3.8) is 0 Å². The zero-order valence-electron chi connectivity index (χ0n) is 16.6. The summed E-state index contributed by atoms with van der Waals surface area (Å²) >= 11 is 0. The quantitative estimate of drug-likeness (QED) is 0.670. The molecule has 3 saturated heterocycles. The highest BCUT2D eigenvalue weighted by Crippen LogP contribution is 2.36. The van der Waals surface area contributed by atoms with Gasteiger partial charge in [0.25, 0.3) is 11.8 Å². The monoisotopic (exact) mass is 393 g/mol. The van der Waals surface area contributed by atoms with Crippen LogP contribution in [-0.2, 0) is 24.0 Å². The molecule has 3 aliphatic rings. The van der Waals surface area contributed by atoms with E-state index in [0.717, 1.165) is 0 Å². The first-order valence-corrected chi connectivity index (χ1v) is 9.75. The predicted molar refractivity (Wildman–Crippen MR) is 96.1 cm³/mol. The first kappa shape index (κ1) is 20.3. The molecule has 3 fully saturated rings. The number of amides is 5. The van der Waals surface area contributed by atoms with Crippen LogP contribution >= 0.6 is 0 Å². The lowest BCUT2D eigenvalue weighted by Gasteiger charge is -2.33. The summed E-state index contributed by atoms with van der Waals surface area (Å²) in [5.41, 5.74) is -0.251. The Kier molecular flexibility index (Phi) is 5.45. The van der Waals surface area contributed by atoms with E-state index in [1.807, 2.05) is 20.8 Å². The van der Waals surface area contributed by atoms with Crippen molar-refractivity contribution in [1.82, 2.24) is 14.9 Å². The number of likely N-dealkylation sites (tertiary alicyclic amines) is 2. The van der Waals surface area contributed by atoms with Crippen molar-refractivity contribution in [2.75, 3.05) is 19.6 Å². The maximum absolute atomic E-state index is 12.6. The lowest BCUT2D eigenvalue weighted by Crippen LogP contribution is -2.45. The van der Waals surface area contributed by atoms with Gasteiger partial charge in [-0.1, -0.05) is 20.8 Å². The average Bonchev–Trinajstić information content (AvgIpc) is 3.09. The SMILES string of the molecule is CC(C)(C)C1CC(=O)N(CC2CCN(C(=O)ON3C(=O)CCC3=O)CC2)C1=O. The van der Waals surface area contributed by atoms with Crippen LogP contribution in [0.5, 0.6) is 0 Å². The third-order valence-corrected chi connectivity index (χ3v) is 5.78. The van der Waals surface area contributed by atoms with E-state index in [2.05, 4.69) is 0 Å². The van der Waals surface area contributed by atoms with Gasteiger partial charge >= 0.3 is 6.09 Å². The zero-order chi connectivity index (χ0) is 20.6.